The molecule has 0 unspecified atom stereocenters. The minimum Gasteiger partial charge on any atom is -0.347 e. The lowest BCUT2D eigenvalue weighted by Crippen LogP contribution is -2.25. The highest BCUT2D eigenvalue weighted by Crippen LogP contribution is 2.11. The second kappa shape index (κ2) is 8.20. The average molecular weight is 350 g/mol. The van der Waals surface area contributed by atoms with Crippen LogP contribution < -0.4 is 10.2 Å². The van der Waals surface area contributed by atoms with Crippen molar-refractivity contribution in [2.75, 3.05) is 11.9 Å². The van der Waals surface area contributed by atoms with Crippen molar-refractivity contribution in [3.8, 4) is 0 Å². The molecule has 0 saturated heterocycles. The van der Waals surface area contributed by atoms with E-state index in [2.05, 4.69) is 15.3 Å². The Morgan fingerprint density at radius 2 is 1.77 bits per heavy atom. The van der Waals surface area contributed by atoms with Crippen molar-refractivity contribution in [2.45, 2.75) is 13.1 Å². The molecule has 1 heterocycles. The molecule has 6 heteroatoms. The van der Waals surface area contributed by atoms with Crippen LogP contribution in [0.5, 0.6) is 0 Å². The highest BCUT2D eigenvalue weighted by atomic mass is 19.1. The number of aromatic nitrogens is 2. The molecule has 1 amide bonds. The zero-order valence-corrected chi connectivity index (χ0v) is 14.4. The molecule has 1 N–H and O–H groups in total. The second-order valence-electron chi connectivity index (χ2n) is 5.89. The van der Waals surface area contributed by atoms with Gasteiger partial charge in [-0.2, -0.15) is 0 Å². The van der Waals surface area contributed by atoms with Crippen molar-refractivity contribution in [1.82, 2.24) is 15.3 Å². The van der Waals surface area contributed by atoms with Crippen LogP contribution in [-0.4, -0.2) is 22.9 Å². The van der Waals surface area contributed by atoms with E-state index in [1.165, 1.54) is 12.1 Å². The number of rotatable bonds is 6. The Morgan fingerprint density at radius 3 is 2.50 bits per heavy atom. The molecule has 26 heavy (non-hydrogen) atoms. The largest absolute Gasteiger partial charge is 0.347 e. The predicted octanol–water partition coefficient (Wildman–Crippen LogP) is 3.18. The van der Waals surface area contributed by atoms with E-state index in [0.717, 1.165) is 11.1 Å². The van der Waals surface area contributed by atoms with Gasteiger partial charge in [0.15, 0.2) is 0 Å². The number of nitrogens with zero attached hydrogens (tertiary/aromatic N) is 3. The fraction of sp³-hybridized carbons (Fsp3) is 0.150. The lowest BCUT2D eigenvalue weighted by atomic mass is 10.2. The summed E-state index contributed by atoms with van der Waals surface area (Å²) in [5, 5.41) is 2.78. The van der Waals surface area contributed by atoms with Gasteiger partial charge in [-0.25, -0.2) is 14.4 Å². The smallest absolute Gasteiger partial charge is 0.270 e. The summed E-state index contributed by atoms with van der Waals surface area (Å²) < 4.78 is 12.9. The lowest BCUT2D eigenvalue weighted by molar-refractivity contribution is 0.0946. The van der Waals surface area contributed by atoms with E-state index in [0.29, 0.717) is 19.0 Å². The molecular weight excluding hydrogens is 331 g/mol. The molecular formula is C20H19FN4O. The number of amides is 1. The summed E-state index contributed by atoms with van der Waals surface area (Å²) in [4.78, 5) is 22.8. The molecule has 0 bridgehead atoms. The molecule has 0 aliphatic rings. The van der Waals surface area contributed by atoms with Gasteiger partial charge in [-0.05, 0) is 29.3 Å². The van der Waals surface area contributed by atoms with Crippen LogP contribution in [0.1, 0.15) is 21.6 Å². The van der Waals surface area contributed by atoms with Crippen LogP contribution in [-0.2, 0) is 13.1 Å². The van der Waals surface area contributed by atoms with E-state index in [9.17, 15) is 9.18 Å². The first-order valence-electron chi connectivity index (χ1n) is 8.22. The zero-order chi connectivity index (χ0) is 18.4. The van der Waals surface area contributed by atoms with Crippen LogP contribution in [0.2, 0.25) is 0 Å². The number of halogens is 1. The number of anilines is 1. The van der Waals surface area contributed by atoms with Gasteiger partial charge >= 0.3 is 0 Å². The van der Waals surface area contributed by atoms with E-state index in [-0.39, 0.29) is 17.4 Å². The van der Waals surface area contributed by atoms with E-state index < -0.39 is 0 Å². The van der Waals surface area contributed by atoms with Gasteiger partial charge < -0.3 is 10.2 Å². The van der Waals surface area contributed by atoms with E-state index in [4.69, 9.17) is 0 Å². The average Bonchev–Trinajstić information content (AvgIpc) is 2.68. The van der Waals surface area contributed by atoms with Gasteiger partial charge in [0.2, 0.25) is 5.95 Å². The van der Waals surface area contributed by atoms with E-state index >= 15 is 0 Å². The van der Waals surface area contributed by atoms with Gasteiger partial charge in [0.05, 0.1) is 0 Å². The quantitative estimate of drug-likeness (QED) is 0.742. The van der Waals surface area contributed by atoms with Crippen LogP contribution in [0.25, 0.3) is 0 Å². The minimum atomic E-state index is -0.304. The molecule has 0 spiro atoms. The van der Waals surface area contributed by atoms with Crippen LogP contribution in [0.3, 0.4) is 0 Å². The Labute approximate surface area is 151 Å². The van der Waals surface area contributed by atoms with Gasteiger partial charge in [-0.15, -0.1) is 0 Å². The maximum atomic E-state index is 12.9. The van der Waals surface area contributed by atoms with E-state index in [1.54, 1.807) is 24.4 Å². The third kappa shape index (κ3) is 4.63. The monoisotopic (exact) mass is 350 g/mol. The molecule has 2 aromatic carbocycles. The number of hydrogen-bond acceptors (Lipinski definition) is 4. The topological polar surface area (TPSA) is 58.1 Å². The molecule has 132 valence electrons. The predicted molar refractivity (Wildman–Crippen MR) is 98.2 cm³/mol. The van der Waals surface area contributed by atoms with Crippen LogP contribution >= 0.6 is 0 Å². The summed E-state index contributed by atoms with van der Waals surface area (Å²) in [5.74, 6) is -0.128. The Bertz CT molecular complexity index is 868. The molecule has 3 aromatic rings. The lowest BCUT2D eigenvalue weighted by Gasteiger charge is -2.17. The molecule has 1 aromatic heterocycles. The minimum absolute atomic E-state index is 0.289. The summed E-state index contributed by atoms with van der Waals surface area (Å²) in [6, 6.07) is 17.5. The first kappa shape index (κ1) is 17.5. The SMILES string of the molecule is CN(Cc1ccccc1)c1nccc(C(=O)NCc2ccc(F)cc2)n1. The molecule has 0 aliphatic heterocycles. The first-order chi connectivity index (χ1) is 12.6. The Balaban J connectivity index is 1.64. The number of carbonyl (C=O) groups excluding carboxylic acids is 1. The Morgan fingerprint density at radius 1 is 1.04 bits per heavy atom. The molecule has 0 radical (unpaired) electrons. The van der Waals surface area contributed by atoms with Crippen LogP contribution in [0, 0.1) is 5.82 Å². The normalized spacial score (nSPS) is 10.4. The van der Waals surface area contributed by atoms with Gasteiger partial charge in [0.1, 0.15) is 11.5 Å². The van der Waals surface area contributed by atoms with Crippen molar-refractivity contribution in [2.24, 2.45) is 0 Å². The van der Waals surface area contributed by atoms with Crippen LogP contribution in [0.15, 0.2) is 66.9 Å². The molecule has 5 nitrogen and oxygen atoms in total. The van der Waals surface area contributed by atoms with Crippen molar-refractivity contribution in [3.63, 3.8) is 0 Å². The highest BCUT2D eigenvalue weighted by Gasteiger charge is 2.11. The molecule has 3 rings (SSSR count). The maximum absolute atomic E-state index is 12.9. The Hall–Kier alpha value is -3.28. The van der Waals surface area contributed by atoms with E-state index in [1.807, 2.05) is 42.3 Å². The summed E-state index contributed by atoms with van der Waals surface area (Å²) in [7, 11) is 1.88. The molecule has 0 fully saturated rings. The van der Waals surface area contributed by atoms with Crippen molar-refractivity contribution in [1.29, 1.82) is 0 Å². The van der Waals surface area contributed by atoms with Crippen molar-refractivity contribution >= 4 is 11.9 Å². The summed E-state index contributed by atoms with van der Waals surface area (Å²) >= 11 is 0. The van der Waals surface area contributed by atoms with Gasteiger partial charge in [-0.1, -0.05) is 42.5 Å². The Kier molecular flexibility index (Phi) is 5.53. The fourth-order valence-corrected chi connectivity index (χ4v) is 2.46. The molecule has 0 aliphatic carbocycles. The van der Waals surface area contributed by atoms with Crippen LogP contribution in [0.4, 0.5) is 10.3 Å². The number of hydrogen-bond donors (Lipinski definition) is 1. The maximum Gasteiger partial charge on any atom is 0.270 e. The third-order valence-corrected chi connectivity index (χ3v) is 3.85. The third-order valence-electron chi connectivity index (χ3n) is 3.85. The summed E-state index contributed by atoms with van der Waals surface area (Å²) in [6.45, 7) is 0.944. The fourth-order valence-electron chi connectivity index (χ4n) is 2.46. The summed E-state index contributed by atoms with van der Waals surface area (Å²) in [5.41, 5.74) is 2.23. The number of benzene rings is 2. The second-order valence-corrected chi connectivity index (χ2v) is 5.89. The zero-order valence-electron chi connectivity index (χ0n) is 14.4. The van der Waals surface area contributed by atoms with Gasteiger partial charge in [0.25, 0.3) is 5.91 Å². The van der Waals surface area contributed by atoms with Crippen molar-refractivity contribution in [3.05, 3.63) is 89.5 Å². The van der Waals surface area contributed by atoms with Gasteiger partial charge in [-0.3, -0.25) is 4.79 Å². The highest BCUT2D eigenvalue weighted by molar-refractivity contribution is 5.92. The first-order valence-corrected chi connectivity index (χ1v) is 8.22. The number of nitrogens with one attached hydrogen (secondary N) is 1. The molecule has 0 atom stereocenters. The summed E-state index contributed by atoms with van der Waals surface area (Å²) in [6.07, 6.45) is 1.57. The van der Waals surface area contributed by atoms with Gasteiger partial charge in [0, 0.05) is 26.3 Å². The standard InChI is InChI=1S/C20H19FN4O/c1-25(14-16-5-3-2-4-6-16)20-22-12-11-18(24-20)19(26)23-13-15-7-9-17(21)10-8-15/h2-12H,13-14H2,1H3,(H,23,26). The number of carbonyl (C=O) groups is 1. The van der Waals surface area contributed by atoms with Crippen molar-refractivity contribution < 1.29 is 9.18 Å². The molecule has 0 saturated carbocycles.